The number of sulfonamides is 1. The van der Waals surface area contributed by atoms with Gasteiger partial charge in [0.25, 0.3) is 10.0 Å². The molecule has 0 unspecified atom stereocenters. The standard InChI is InChI=1S/C31H38FN3O7S/c1-21(30(37)33-31(2,3)4)34(19-22-8-14-25(40-5)15-9-22)29(36)20-35(24-12-10-23(32)11-13-24)43(38,39)26-16-17-27(41-6)28(18-26)42-7/h8-18,21H,19-20H2,1-7H3,(H,33,37)/t21-/m1/s1. The van der Waals surface area contributed by atoms with Gasteiger partial charge in [0.15, 0.2) is 11.5 Å². The first-order chi connectivity index (χ1) is 20.2. The van der Waals surface area contributed by atoms with Crippen LogP contribution in [0.5, 0.6) is 17.2 Å². The molecule has 0 spiro atoms. The third-order valence-electron chi connectivity index (χ3n) is 6.51. The quantitative estimate of drug-likeness (QED) is 0.322. The van der Waals surface area contributed by atoms with Gasteiger partial charge in [-0.3, -0.25) is 13.9 Å². The van der Waals surface area contributed by atoms with Crippen molar-refractivity contribution < 1.29 is 36.6 Å². The minimum Gasteiger partial charge on any atom is -0.497 e. The average molecular weight is 616 g/mol. The Labute approximate surface area is 252 Å². The van der Waals surface area contributed by atoms with Crippen LogP contribution in [0.4, 0.5) is 10.1 Å². The molecule has 3 rings (SSSR count). The summed E-state index contributed by atoms with van der Waals surface area (Å²) in [6, 6.07) is 14.8. The molecule has 0 saturated heterocycles. The van der Waals surface area contributed by atoms with E-state index in [0.29, 0.717) is 17.1 Å². The highest BCUT2D eigenvalue weighted by Crippen LogP contribution is 2.32. The first kappa shape index (κ1) is 33.2. The molecular formula is C31H38FN3O7S. The third kappa shape index (κ3) is 8.38. The zero-order valence-corrected chi connectivity index (χ0v) is 26.2. The number of carbonyl (C=O) groups excluding carboxylic acids is 2. The highest BCUT2D eigenvalue weighted by Gasteiger charge is 2.34. The van der Waals surface area contributed by atoms with Gasteiger partial charge in [-0.25, -0.2) is 12.8 Å². The van der Waals surface area contributed by atoms with Crippen LogP contribution in [0.15, 0.2) is 71.6 Å². The summed E-state index contributed by atoms with van der Waals surface area (Å²) in [5.74, 6) is -0.542. The molecule has 0 aliphatic heterocycles. The molecule has 12 heteroatoms. The van der Waals surface area contributed by atoms with Crippen LogP contribution in [0.25, 0.3) is 0 Å². The van der Waals surface area contributed by atoms with E-state index < -0.39 is 45.8 Å². The summed E-state index contributed by atoms with van der Waals surface area (Å²) in [6.07, 6.45) is 0. The maximum absolute atomic E-state index is 14.0. The average Bonchev–Trinajstić information content (AvgIpc) is 2.97. The summed E-state index contributed by atoms with van der Waals surface area (Å²) in [7, 11) is -0.0725. The fourth-order valence-electron chi connectivity index (χ4n) is 4.22. The largest absolute Gasteiger partial charge is 0.497 e. The fourth-order valence-corrected chi connectivity index (χ4v) is 5.65. The number of nitrogens with zero attached hydrogens (tertiary/aromatic N) is 2. The molecule has 0 bridgehead atoms. The SMILES string of the molecule is COc1ccc(CN(C(=O)CN(c2ccc(F)cc2)S(=O)(=O)c2ccc(OC)c(OC)c2)[C@H](C)C(=O)NC(C)(C)C)cc1. The van der Waals surface area contributed by atoms with Gasteiger partial charge in [-0.2, -0.15) is 0 Å². The number of rotatable bonds is 12. The van der Waals surface area contributed by atoms with Gasteiger partial charge in [-0.05, 0) is 81.8 Å². The lowest BCUT2D eigenvalue weighted by atomic mass is 10.1. The Bertz CT molecular complexity index is 1520. The molecule has 0 aliphatic rings. The maximum Gasteiger partial charge on any atom is 0.264 e. The second kappa shape index (κ2) is 13.8. The zero-order valence-electron chi connectivity index (χ0n) is 25.4. The van der Waals surface area contributed by atoms with E-state index in [1.807, 2.05) is 20.8 Å². The summed E-state index contributed by atoms with van der Waals surface area (Å²) in [6.45, 7) is 6.37. The molecule has 43 heavy (non-hydrogen) atoms. The van der Waals surface area contributed by atoms with Crippen molar-refractivity contribution in [2.45, 2.75) is 50.7 Å². The van der Waals surface area contributed by atoms with Crippen LogP contribution in [-0.2, 0) is 26.2 Å². The van der Waals surface area contributed by atoms with Crippen molar-refractivity contribution in [3.05, 3.63) is 78.1 Å². The van der Waals surface area contributed by atoms with Crippen LogP contribution in [-0.4, -0.2) is 64.6 Å². The number of carbonyl (C=O) groups is 2. The van der Waals surface area contributed by atoms with E-state index in [1.54, 1.807) is 31.2 Å². The van der Waals surface area contributed by atoms with E-state index in [9.17, 15) is 22.4 Å². The van der Waals surface area contributed by atoms with Crippen LogP contribution >= 0.6 is 0 Å². The zero-order chi connectivity index (χ0) is 31.9. The Hall–Kier alpha value is -4.32. The molecule has 1 N–H and O–H groups in total. The lowest BCUT2D eigenvalue weighted by Gasteiger charge is -2.33. The van der Waals surface area contributed by atoms with Crippen molar-refractivity contribution in [2.75, 3.05) is 32.2 Å². The molecule has 3 aromatic rings. The smallest absolute Gasteiger partial charge is 0.264 e. The monoisotopic (exact) mass is 615 g/mol. The summed E-state index contributed by atoms with van der Waals surface area (Å²) < 4.78 is 58.5. The van der Waals surface area contributed by atoms with Gasteiger partial charge in [-0.15, -0.1) is 0 Å². The van der Waals surface area contributed by atoms with Gasteiger partial charge in [-0.1, -0.05) is 12.1 Å². The van der Waals surface area contributed by atoms with Crippen molar-refractivity contribution in [1.82, 2.24) is 10.2 Å². The second-order valence-electron chi connectivity index (χ2n) is 10.8. The van der Waals surface area contributed by atoms with Crippen LogP contribution in [0.1, 0.15) is 33.3 Å². The number of anilines is 1. The third-order valence-corrected chi connectivity index (χ3v) is 8.28. The Morgan fingerprint density at radius 1 is 0.884 bits per heavy atom. The van der Waals surface area contributed by atoms with Crippen LogP contribution < -0.4 is 23.8 Å². The molecule has 0 saturated carbocycles. The van der Waals surface area contributed by atoms with Crippen LogP contribution in [0, 0.1) is 5.82 Å². The number of benzene rings is 3. The first-order valence-electron chi connectivity index (χ1n) is 13.4. The molecule has 2 amide bonds. The maximum atomic E-state index is 14.0. The predicted molar refractivity (Wildman–Crippen MR) is 161 cm³/mol. The Kier molecular flexibility index (Phi) is 10.6. The molecular weight excluding hydrogens is 577 g/mol. The summed E-state index contributed by atoms with van der Waals surface area (Å²) in [4.78, 5) is 28.4. The molecule has 0 fully saturated rings. The van der Waals surface area contributed by atoms with E-state index in [-0.39, 0.29) is 22.9 Å². The van der Waals surface area contributed by atoms with Crippen LogP contribution in [0.2, 0.25) is 0 Å². The Morgan fingerprint density at radius 2 is 1.49 bits per heavy atom. The van der Waals surface area contributed by atoms with E-state index in [2.05, 4.69) is 5.32 Å². The lowest BCUT2D eigenvalue weighted by Crippen LogP contribution is -2.54. The number of halogens is 1. The normalized spacial score (nSPS) is 12.2. The molecule has 0 heterocycles. The highest BCUT2D eigenvalue weighted by molar-refractivity contribution is 7.92. The fraction of sp³-hybridized carbons (Fsp3) is 0.355. The molecule has 0 aromatic heterocycles. The van der Waals surface area contributed by atoms with E-state index in [0.717, 1.165) is 16.4 Å². The minimum absolute atomic E-state index is 0.00915. The molecule has 0 radical (unpaired) electrons. The topological polar surface area (TPSA) is 114 Å². The first-order valence-corrected chi connectivity index (χ1v) is 14.9. The summed E-state index contributed by atoms with van der Waals surface area (Å²) in [5, 5.41) is 2.88. The Balaban J connectivity index is 2.07. The number of methoxy groups -OCH3 is 3. The summed E-state index contributed by atoms with van der Waals surface area (Å²) in [5.41, 5.74) is 0.179. The number of hydrogen-bond donors (Lipinski definition) is 1. The lowest BCUT2D eigenvalue weighted by molar-refractivity contribution is -0.140. The number of amides is 2. The number of ether oxygens (including phenoxy) is 3. The van der Waals surface area contributed by atoms with Crippen LogP contribution in [0.3, 0.4) is 0 Å². The Morgan fingerprint density at radius 3 is 2.02 bits per heavy atom. The van der Waals surface area contributed by atoms with Gasteiger partial charge in [0, 0.05) is 18.2 Å². The molecule has 10 nitrogen and oxygen atoms in total. The van der Waals surface area contributed by atoms with Crippen molar-refractivity contribution in [1.29, 1.82) is 0 Å². The molecule has 3 aromatic carbocycles. The van der Waals surface area contributed by atoms with Gasteiger partial charge < -0.3 is 24.4 Å². The van der Waals surface area contributed by atoms with Crippen molar-refractivity contribution in [3.63, 3.8) is 0 Å². The minimum atomic E-state index is -4.40. The second-order valence-corrected chi connectivity index (χ2v) is 12.7. The van der Waals surface area contributed by atoms with Gasteiger partial charge in [0.2, 0.25) is 11.8 Å². The molecule has 232 valence electrons. The van der Waals surface area contributed by atoms with Crippen molar-refractivity contribution in [2.24, 2.45) is 0 Å². The molecule has 0 aliphatic carbocycles. The highest BCUT2D eigenvalue weighted by atomic mass is 32.2. The molecule has 1 atom stereocenters. The predicted octanol–water partition coefficient (Wildman–Crippen LogP) is 4.38. The van der Waals surface area contributed by atoms with Gasteiger partial charge in [0.1, 0.15) is 24.2 Å². The van der Waals surface area contributed by atoms with E-state index >= 15 is 0 Å². The number of hydrogen-bond acceptors (Lipinski definition) is 7. The number of nitrogens with one attached hydrogen (secondary N) is 1. The van der Waals surface area contributed by atoms with Crippen molar-refractivity contribution in [3.8, 4) is 17.2 Å². The van der Waals surface area contributed by atoms with Gasteiger partial charge in [0.05, 0.1) is 31.9 Å². The van der Waals surface area contributed by atoms with E-state index in [1.165, 1.54) is 56.6 Å². The summed E-state index contributed by atoms with van der Waals surface area (Å²) >= 11 is 0. The van der Waals surface area contributed by atoms with Crippen molar-refractivity contribution >= 4 is 27.5 Å². The van der Waals surface area contributed by atoms with E-state index in [4.69, 9.17) is 14.2 Å². The van der Waals surface area contributed by atoms with Gasteiger partial charge >= 0.3 is 0 Å².